The Morgan fingerprint density at radius 2 is 2.00 bits per heavy atom. The van der Waals surface area contributed by atoms with Gasteiger partial charge in [0.1, 0.15) is 12.4 Å². The third-order valence-corrected chi connectivity index (χ3v) is 4.66. The van der Waals surface area contributed by atoms with Crippen LogP contribution in [0.15, 0.2) is 53.7 Å². The summed E-state index contributed by atoms with van der Waals surface area (Å²) in [5, 5.41) is 6.89. The van der Waals surface area contributed by atoms with Gasteiger partial charge in [-0.3, -0.25) is 10.1 Å². The largest absolute Gasteiger partial charge is 0.487 e. The van der Waals surface area contributed by atoms with Gasteiger partial charge in [0.05, 0.1) is 28.7 Å². The van der Waals surface area contributed by atoms with Crippen LogP contribution >= 0.6 is 0 Å². The van der Waals surface area contributed by atoms with Gasteiger partial charge in [-0.25, -0.2) is 8.42 Å². The summed E-state index contributed by atoms with van der Waals surface area (Å²) < 4.78 is 28.8. The molecule has 2 aromatic heterocycles. The zero-order chi connectivity index (χ0) is 17.2. The van der Waals surface area contributed by atoms with Gasteiger partial charge < -0.3 is 4.74 Å². The number of aromatic amines is 1. The van der Waals surface area contributed by atoms with Crippen molar-refractivity contribution in [2.75, 3.05) is 6.26 Å². The van der Waals surface area contributed by atoms with E-state index in [4.69, 9.17) is 4.74 Å². The van der Waals surface area contributed by atoms with Crippen LogP contribution in [0.25, 0.3) is 11.4 Å². The Kier molecular flexibility index (Phi) is 4.35. The minimum atomic E-state index is -3.22. The molecule has 0 unspecified atom stereocenters. The van der Waals surface area contributed by atoms with Crippen molar-refractivity contribution in [1.82, 2.24) is 15.2 Å². The number of aromatic nitrogens is 3. The van der Waals surface area contributed by atoms with Crippen LogP contribution in [0.3, 0.4) is 0 Å². The lowest BCUT2D eigenvalue weighted by Crippen LogP contribution is -2.00. The number of sulfone groups is 1. The maximum atomic E-state index is 11.6. The van der Waals surface area contributed by atoms with E-state index in [9.17, 15) is 8.42 Å². The average molecular weight is 343 g/mol. The van der Waals surface area contributed by atoms with Crippen molar-refractivity contribution in [3.8, 4) is 17.1 Å². The Hall–Kier alpha value is -2.67. The number of hydrogen-bond donors (Lipinski definition) is 1. The van der Waals surface area contributed by atoms with E-state index >= 15 is 0 Å². The number of pyridine rings is 1. The Labute approximate surface area is 140 Å². The predicted molar refractivity (Wildman–Crippen MR) is 90.4 cm³/mol. The molecular formula is C17H17N3O3S. The van der Waals surface area contributed by atoms with E-state index in [1.807, 2.05) is 25.1 Å². The van der Waals surface area contributed by atoms with Gasteiger partial charge in [-0.15, -0.1) is 0 Å². The van der Waals surface area contributed by atoms with Crippen LogP contribution in [-0.2, 0) is 16.4 Å². The standard InChI is InChI=1S/C17H17N3O3S/c1-12-9-19-20-17(12)16-7-6-14(10-18-16)23-11-13-4-3-5-15(8-13)24(2,21)22/h3-10H,11H2,1-2H3,(H,19,20). The predicted octanol–water partition coefficient (Wildman–Crippen LogP) is 2.76. The molecule has 1 aromatic carbocycles. The van der Waals surface area contributed by atoms with E-state index in [0.717, 1.165) is 22.5 Å². The Morgan fingerprint density at radius 3 is 2.62 bits per heavy atom. The highest BCUT2D eigenvalue weighted by atomic mass is 32.2. The maximum Gasteiger partial charge on any atom is 0.175 e. The molecule has 0 amide bonds. The van der Waals surface area contributed by atoms with Crippen molar-refractivity contribution in [3.63, 3.8) is 0 Å². The van der Waals surface area contributed by atoms with Crippen molar-refractivity contribution >= 4 is 9.84 Å². The van der Waals surface area contributed by atoms with Gasteiger partial charge in [0.25, 0.3) is 0 Å². The molecule has 0 aliphatic rings. The first-order valence-electron chi connectivity index (χ1n) is 7.32. The number of rotatable bonds is 5. The quantitative estimate of drug-likeness (QED) is 0.770. The summed E-state index contributed by atoms with van der Waals surface area (Å²) in [6, 6.07) is 10.4. The molecule has 3 aromatic rings. The lowest BCUT2D eigenvalue weighted by molar-refractivity contribution is 0.305. The van der Waals surface area contributed by atoms with Crippen molar-refractivity contribution in [1.29, 1.82) is 0 Å². The van der Waals surface area contributed by atoms with Crippen LogP contribution in [-0.4, -0.2) is 29.9 Å². The van der Waals surface area contributed by atoms with Crippen molar-refractivity contribution in [2.45, 2.75) is 18.4 Å². The second-order valence-corrected chi connectivity index (χ2v) is 7.53. The van der Waals surface area contributed by atoms with Crippen molar-refractivity contribution in [2.24, 2.45) is 0 Å². The monoisotopic (exact) mass is 343 g/mol. The summed E-state index contributed by atoms with van der Waals surface area (Å²) in [5.74, 6) is 0.612. The van der Waals surface area contributed by atoms with Gasteiger partial charge in [0.15, 0.2) is 9.84 Å². The van der Waals surface area contributed by atoms with Crippen LogP contribution in [0, 0.1) is 6.92 Å². The molecule has 0 bridgehead atoms. The zero-order valence-corrected chi connectivity index (χ0v) is 14.2. The first kappa shape index (κ1) is 16.2. The highest BCUT2D eigenvalue weighted by Gasteiger charge is 2.08. The summed E-state index contributed by atoms with van der Waals surface area (Å²) in [5.41, 5.74) is 3.47. The SMILES string of the molecule is Cc1cn[nH]c1-c1ccc(OCc2cccc(S(C)(=O)=O)c2)cn1. The molecule has 3 rings (SSSR count). The van der Waals surface area contributed by atoms with Gasteiger partial charge in [0.2, 0.25) is 0 Å². The van der Waals surface area contributed by atoms with Crippen molar-refractivity contribution in [3.05, 3.63) is 59.9 Å². The fraction of sp³-hybridized carbons (Fsp3) is 0.176. The summed E-state index contributed by atoms with van der Waals surface area (Å²) >= 11 is 0. The summed E-state index contributed by atoms with van der Waals surface area (Å²) in [7, 11) is -3.22. The number of ether oxygens (including phenoxy) is 1. The van der Waals surface area contributed by atoms with E-state index < -0.39 is 9.84 Å². The zero-order valence-electron chi connectivity index (χ0n) is 13.4. The van der Waals surface area contributed by atoms with E-state index in [-0.39, 0.29) is 11.5 Å². The first-order chi connectivity index (χ1) is 11.4. The number of nitrogens with zero attached hydrogens (tertiary/aromatic N) is 2. The second kappa shape index (κ2) is 6.45. The molecule has 1 N–H and O–H groups in total. The summed E-state index contributed by atoms with van der Waals surface area (Å²) in [6.45, 7) is 2.23. The molecular weight excluding hydrogens is 326 g/mol. The minimum Gasteiger partial charge on any atom is -0.487 e. The normalized spacial score (nSPS) is 11.4. The Morgan fingerprint density at radius 1 is 1.17 bits per heavy atom. The minimum absolute atomic E-state index is 0.271. The molecule has 6 nitrogen and oxygen atoms in total. The lowest BCUT2D eigenvalue weighted by atomic mass is 10.2. The number of H-pyrrole nitrogens is 1. The van der Waals surface area contributed by atoms with E-state index in [2.05, 4.69) is 15.2 Å². The number of aryl methyl sites for hydroxylation is 1. The molecule has 0 aliphatic carbocycles. The van der Waals surface area contributed by atoms with Crippen LogP contribution in [0.2, 0.25) is 0 Å². The van der Waals surface area contributed by atoms with Gasteiger partial charge in [0, 0.05) is 6.26 Å². The Balaban J connectivity index is 1.70. The van der Waals surface area contributed by atoms with E-state index in [0.29, 0.717) is 5.75 Å². The number of benzene rings is 1. The molecule has 24 heavy (non-hydrogen) atoms. The van der Waals surface area contributed by atoms with Crippen LogP contribution in [0.4, 0.5) is 0 Å². The van der Waals surface area contributed by atoms with Crippen LogP contribution in [0.5, 0.6) is 5.75 Å². The third-order valence-electron chi connectivity index (χ3n) is 3.55. The molecule has 0 radical (unpaired) electrons. The average Bonchev–Trinajstić information content (AvgIpc) is 2.99. The van der Waals surface area contributed by atoms with Gasteiger partial charge in [-0.2, -0.15) is 5.10 Å². The number of hydrogen-bond acceptors (Lipinski definition) is 5. The molecule has 2 heterocycles. The second-order valence-electron chi connectivity index (χ2n) is 5.52. The van der Waals surface area contributed by atoms with E-state index in [1.54, 1.807) is 30.6 Å². The molecule has 0 saturated carbocycles. The molecule has 0 saturated heterocycles. The van der Waals surface area contributed by atoms with Crippen LogP contribution < -0.4 is 4.74 Å². The maximum absolute atomic E-state index is 11.6. The molecule has 124 valence electrons. The molecule has 0 spiro atoms. The molecule has 7 heteroatoms. The molecule has 0 fully saturated rings. The highest BCUT2D eigenvalue weighted by molar-refractivity contribution is 7.90. The van der Waals surface area contributed by atoms with Crippen LogP contribution in [0.1, 0.15) is 11.1 Å². The van der Waals surface area contributed by atoms with Crippen molar-refractivity contribution < 1.29 is 13.2 Å². The lowest BCUT2D eigenvalue weighted by Gasteiger charge is -2.08. The van der Waals surface area contributed by atoms with Gasteiger partial charge >= 0.3 is 0 Å². The number of nitrogens with one attached hydrogen (secondary N) is 1. The Bertz CT molecular complexity index is 947. The first-order valence-corrected chi connectivity index (χ1v) is 9.21. The summed E-state index contributed by atoms with van der Waals surface area (Å²) in [4.78, 5) is 4.64. The fourth-order valence-corrected chi connectivity index (χ4v) is 2.94. The third kappa shape index (κ3) is 3.62. The fourth-order valence-electron chi connectivity index (χ4n) is 2.25. The topological polar surface area (TPSA) is 84.9 Å². The highest BCUT2D eigenvalue weighted by Crippen LogP contribution is 2.21. The van der Waals surface area contributed by atoms with E-state index in [1.165, 1.54) is 6.26 Å². The van der Waals surface area contributed by atoms with Gasteiger partial charge in [-0.05, 0) is 42.3 Å². The molecule has 0 atom stereocenters. The smallest absolute Gasteiger partial charge is 0.175 e. The molecule has 0 aliphatic heterocycles. The van der Waals surface area contributed by atoms with Gasteiger partial charge in [-0.1, -0.05) is 12.1 Å². The summed E-state index contributed by atoms with van der Waals surface area (Å²) in [6.07, 6.45) is 4.57.